The fraction of sp³-hybridized carbons (Fsp3) is 0.667. The molecule has 0 aromatic heterocycles. The zero-order valence-corrected chi connectivity index (χ0v) is 20.1. The molecule has 1 saturated heterocycles. The lowest BCUT2D eigenvalue weighted by Crippen LogP contribution is -2.50. The highest BCUT2D eigenvalue weighted by molar-refractivity contribution is 5.94. The van der Waals surface area contributed by atoms with Crippen molar-refractivity contribution in [2.24, 2.45) is 23.2 Å². The number of hydrogen-bond acceptors (Lipinski definition) is 5. The molecular formula is C27H36N2O5. The molecule has 1 N–H and O–H groups in total. The van der Waals surface area contributed by atoms with Crippen LogP contribution in [-0.4, -0.2) is 48.6 Å². The first-order valence-electron chi connectivity index (χ1n) is 12.9. The van der Waals surface area contributed by atoms with Gasteiger partial charge in [0.1, 0.15) is 5.75 Å². The lowest BCUT2D eigenvalue weighted by Gasteiger charge is -2.56. The molecule has 4 bridgehead atoms. The Balaban J connectivity index is 1.08. The molecular weight excluding hydrogens is 432 g/mol. The van der Waals surface area contributed by atoms with Crippen molar-refractivity contribution in [2.75, 3.05) is 19.7 Å². The second-order valence-electron chi connectivity index (χ2n) is 11.0. The normalized spacial score (nSPS) is 30.1. The van der Waals surface area contributed by atoms with E-state index in [0.717, 1.165) is 30.6 Å². The summed E-state index contributed by atoms with van der Waals surface area (Å²) < 4.78 is 9.81. The summed E-state index contributed by atoms with van der Waals surface area (Å²) in [4.78, 5) is 39.1. The molecule has 7 heteroatoms. The molecule has 5 fully saturated rings. The Bertz CT molecular complexity index is 884. The summed E-state index contributed by atoms with van der Waals surface area (Å²) in [6.45, 7) is 3.21. The van der Waals surface area contributed by atoms with Gasteiger partial charge < -0.3 is 19.7 Å². The lowest BCUT2D eigenvalue weighted by atomic mass is 9.49. The van der Waals surface area contributed by atoms with Gasteiger partial charge in [-0.25, -0.2) is 4.79 Å². The zero-order valence-electron chi connectivity index (χ0n) is 20.1. The molecule has 0 unspecified atom stereocenters. The predicted octanol–water partition coefficient (Wildman–Crippen LogP) is 4.55. The van der Waals surface area contributed by atoms with Crippen molar-refractivity contribution < 1.29 is 23.9 Å². The van der Waals surface area contributed by atoms with Crippen LogP contribution < -0.4 is 10.1 Å². The molecule has 5 aliphatic rings. The second-order valence-corrected chi connectivity index (χ2v) is 11.0. The van der Waals surface area contributed by atoms with Gasteiger partial charge in [0, 0.05) is 31.1 Å². The fourth-order valence-electron chi connectivity index (χ4n) is 7.44. The summed E-state index contributed by atoms with van der Waals surface area (Å²) in [7, 11) is 0. The Hall–Kier alpha value is -2.57. The summed E-state index contributed by atoms with van der Waals surface area (Å²) in [5.74, 6) is 3.10. The average Bonchev–Trinajstić information content (AvgIpc) is 2.78. The topological polar surface area (TPSA) is 84.9 Å². The summed E-state index contributed by atoms with van der Waals surface area (Å²) in [6.07, 6.45) is 9.45. The highest BCUT2D eigenvalue weighted by Gasteiger charge is 2.51. The van der Waals surface area contributed by atoms with Crippen LogP contribution in [0.2, 0.25) is 0 Å². The molecule has 6 rings (SSSR count). The van der Waals surface area contributed by atoms with E-state index in [4.69, 9.17) is 9.47 Å². The molecule has 34 heavy (non-hydrogen) atoms. The van der Waals surface area contributed by atoms with Crippen molar-refractivity contribution in [1.29, 1.82) is 0 Å². The van der Waals surface area contributed by atoms with E-state index >= 15 is 0 Å². The molecule has 0 atom stereocenters. The Morgan fingerprint density at radius 3 is 2.12 bits per heavy atom. The molecule has 2 amide bonds. The van der Waals surface area contributed by atoms with Gasteiger partial charge in [-0.15, -0.1) is 0 Å². The van der Waals surface area contributed by atoms with Gasteiger partial charge in [-0.3, -0.25) is 9.59 Å². The van der Waals surface area contributed by atoms with Crippen molar-refractivity contribution in [3.05, 3.63) is 29.8 Å². The van der Waals surface area contributed by atoms with Gasteiger partial charge in [0.05, 0.1) is 6.61 Å². The van der Waals surface area contributed by atoms with Crippen LogP contribution in [0.5, 0.6) is 5.75 Å². The Kier molecular flexibility index (Phi) is 6.54. The van der Waals surface area contributed by atoms with Crippen LogP contribution in [0.4, 0.5) is 4.79 Å². The highest BCUT2D eigenvalue weighted by Crippen LogP contribution is 2.61. The lowest BCUT2D eigenvalue weighted by molar-refractivity contribution is -0.130. The first-order valence-corrected chi connectivity index (χ1v) is 12.9. The molecule has 0 radical (unpaired) electrons. The molecule has 1 aromatic rings. The summed E-state index contributed by atoms with van der Waals surface area (Å²) in [6, 6.07) is 6.67. The monoisotopic (exact) mass is 468 g/mol. The first kappa shape index (κ1) is 23.2. The average molecular weight is 469 g/mol. The highest BCUT2D eigenvalue weighted by atomic mass is 16.7. The smallest absolute Gasteiger partial charge is 0.434 e. The third kappa shape index (κ3) is 5.08. The summed E-state index contributed by atoms with van der Waals surface area (Å²) in [5, 5.41) is 3.29. The molecule has 7 nitrogen and oxygen atoms in total. The maximum Gasteiger partial charge on any atom is 0.513 e. The van der Waals surface area contributed by atoms with E-state index in [1.165, 1.54) is 38.5 Å². The zero-order chi connectivity index (χ0) is 23.7. The number of nitrogens with one attached hydrogen (secondary N) is 1. The molecule has 4 saturated carbocycles. The van der Waals surface area contributed by atoms with E-state index in [0.29, 0.717) is 30.8 Å². The first-order chi connectivity index (χ1) is 16.4. The van der Waals surface area contributed by atoms with Crippen molar-refractivity contribution in [3.63, 3.8) is 0 Å². The van der Waals surface area contributed by atoms with Crippen molar-refractivity contribution in [3.8, 4) is 5.75 Å². The van der Waals surface area contributed by atoms with Gasteiger partial charge in [-0.2, -0.15) is 0 Å². The van der Waals surface area contributed by atoms with Crippen LogP contribution in [0.1, 0.15) is 75.1 Å². The number of amides is 2. The number of carbonyl (C=O) groups is 3. The Morgan fingerprint density at radius 1 is 0.971 bits per heavy atom. The molecule has 1 aromatic carbocycles. The summed E-state index contributed by atoms with van der Waals surface area (Å²) >= 11 is 0. The molecule has 0 spiro atoms. The van der Waals surface area contributed by atoms with Gasteiger partial charge in [-0.05, 0) is 106 Å². The van der Waals surface area contributed by atoms with Gasteiger partial charge in [0.25, 0.3) is 5.91 Å². The van der Waals surface area contributed by atoms with E-state index in [9.17, 15) is 14.4 Å². The molecule has 4 aliphatic carbocycles. The minimum Gasteiger partial charge on any atom is -0.434 e. The van der Waals surface area contributed by atoms with Crippen molar-refractivity contribution >= 4 is 18.0 Å². The number of nitrogens with zero attached hydrogens (tertiary/aromatic N) is 1. The van der Waals surface area contributed by atoms with Crippen molar-refractivity contribution in [1.82, 2.24) is 10.2 Å². The van der Waals surface area contributed by atoms with Crippen LogP contribution >= 0.6 is 0 Å². The van der Waals surface area contributed by atoms with Gasteiger partial charge >= 0.3 is 6.16 Å². The van der Waals surface area contributed by atoms with Crippen LogP contribution in [0.15, 0.2) is 24.3 Å². The van der Waals surface area contributed by atoms with Crippen LogP contribution in [0.25, 0.3) is 0 Å². The number of likely N-dealkylation sites (tertiary alicyclic amines) is 1. The van der Waals surface area contributed by atoms with Crippen LogP contribution in [0, 0.1) is 23.2 Å². The Morgan fingerprint density at radius 2 is 1.56 bits per heavy atom. The van der Waals surface area contributed by atoms with E-state index < -0.39 is 6.16 Å². The third-order valence-corrected chi connectivity index (χ3v) is 8.41. The fourth-order valence-corrected chi connectivity index (χ4v) is 7.44. The number of carbonyl (C=O) groups excluding carboxylic acids is 3. The van der Waals surface area contributed by atoms with E-state index in [1.807, 2.05) is 4.90 Å². The minimum atomic E-state index is -0.756. The number of hydrogen-bond donors (Lipinski definition) is 1. The number of rotatable bonds is 6. The number of piperidine rings is 1. The molecule has 184 valence electrons. The van der Waals surface area contributed by atoms with E-state index in [2.05, 4.69) is 5.32 Å². The maximum absolute atomic E-state index is 12.9. The van der Waals surface area contributed by atoms with Crippen LogP contribution in [-0.2, 0) is 9.53 Å². The van der Waals surface area contributed by atoms with Gasteiger partial charge in [0.2, 0.25) is 5.91 Å². The number of benzene rings is 1. The third-order valence-electron chi connectivity index (χ3n) is 8.41. The molecule has 1 aliphatic heterocycles. The van der Waals surface area contributed by atoms with Crippen LogP contribution in [0.3, 0.4) is 0 Å². The largest absolute Gasteiger partial charge is 0.513 e. The van der Waals surface area contributed by atoms with Crippen molar-refractivity contribution in [2.45, 2.75) is 70.8 Å². The van der Waals surface area contributed by atoms with E-state index in [-0.39, 0.29) is 29.9 Å². The number of ether oxygens (including phenoxy) is 2. The van der Waals surface area contributed by atoms with Gasteiger partial charge in [0.15, 0.2) is 0 Å². The SMILES string of the molecule is CCOC(=O)Oc1ccc(C(=O)N2CCC(NC(=O)CC34CC5CC(CC(C5)C3)C4)CC2)cc1. The standard InChI is InChI=1S/C27H36N2O5/c1-2-33-26(32)34-23-5-3-21(4-6-23)25(31)29-9-7-22(8-10-29)28-24(30)17-27-14-18-11-19(15-27)13-20(12-18)16-27/h3-6,18-20,22H,2,7-17H2,1H3,(H,28,30). The molecule has 1 heterocycles. The second kappa shape index (κ2) is 9.59. The van der Waals surface area contributed by atoms with E-state index in [1.54, 1.807) is 31.2 Å². The maximum atomic E-state index is 12.9. The Labute approximate surface area is 201 Å². The van der Waals surface area contributed by atoms with Gasteiger partial charge in [-0.1, -0.05) is 0 Å². The predicted molar refractivity (Wildman–Crippen MR) is 126 cm³/mol. The summed E-state index contributed by atoms with van der Waals surface area (Å²) in [5.41, 5.74) is 0.819. The minimum absolute atomic E-state index is 0.0407. The quantitative estimate of drug-likeness (QED) is 0.489.